The lowest BCUT2D eigenvalue weighted by molar-refractivity contribution is -0.155. The van der Waals surface area contributed by atoms with E-state index in [2.05, 4.69) is 39.4 Å². The Bertz CT molecular complexity index is 2790. The van der Waals surface area contributed by atoms with Gasteiger partial charge in [0.2, 0.25) is 17.7 Å². The summed E-state index contributed by atoms with van der Waals surface area (Å²) in [5, 5.41) is 16.6. The van der Waals surface area contributed by atoms with Crippen LogP contribution in [0.1, 0.15) is 84.9 Å². The highest BCUT2D eigenvalue weighted by atomic mass is 32.2. The number of hydrogen-bond acceptors (Lipinski definition) is 14. The van der Waals surface area contributed by atoms with Crippen LogP contribution in [0.25, 0.3) is 33.3 Å². The van der Waals surface area contributed by atoms with Crippen LogP contribution in [0, 0.1) is 11.3 Å². The molecule has 4 aromatic rings. The number of phenols is 1. The molecule has 7 rings (SSSR count). The number of carbonyl (C=O) groups excluding carboxylic acids is 6. The Morgan fingerprint density at radius 2 is 1.78 bits per heavy atom. The van der Waals surface area contributed by atoms with Crippen molar-refractivity contribution in [1.29, 1.82) is 0 Å². The second-order valence-corrected chi connectivity index (χ2v) is 23.9. The number of hydrogen-bond donors (Lipinski definition) is 3. The van der Waals surface area contributed by atoms with E-state index in [9.17, 15) is 38.4 Å². The zero-order valence-electron chi connectivity index (χ0n) is 44.6. The SMILES string of the molecule is CCn1c(-c2cnccc2COC)c2c3cc(ccc31)-c1cc(O)cc(c1)C[C@H](NC(=O)[C@H](C(C)C)N(C)C(=O)CN(C)C(=O)[C@@H]1[C@H](C(=O)OC)N1[S+]([O-])C(C)(C)C)C(=O)N1CCC[C@H](N1)C(=O)OCC(C)(C)C2. The van der Waals surface area contributed by atoms with Gasteiger partial charge in [0.05, 0.1) is 32.6 Å². The summed E-state index contributed by atoms with van der Waals surface area (Å²) in [6.07, 6.45) is 4.89. The summed E-state index contributed by atoms with van der Waals surface area (Å²) in [4.78, 5) is 90.8. The molecule has 0 spiro atoms. The summed E-state index contributed by atoms with van der Waals surface area (Å²) in [6.45, 7) is 15.7. The van der Waals surface area contributed by atoms with Gasteiger partial charge >= 0.3 is 11.9 Å². The van der Waals surface area contributed by atoms with E-state index in [1.807, 2.05) is 38.2 Å². The number of pyridine rings is 1. The van der Waals surface area contributed by atoms with Crippen molar-refractivity contribution < 1.29 is 52.6 Å². The molecule has 3 N–H and O–H groups in total. The molecular formula is C54H72N8O11S. The highest BCUT2D eigenvalue weighted by molar-refractivity contribution is 7.90. The topological polar surface area (TPSA) is 228 Å². The van der Waals surface area contributed by atoms with Crippen molar-refractivity contribution >= 4 is 57.8 Å². The molecule has 74 heavy (non-hydrogen) atoms. The van der Waals surface area contributed by atoms with Crippen LogP contribution in [0.15, 0.2) is 54.9 Å². The molecule has 2 aromatic heterocycles. The van der Waals surface area contributed by atoms with E-state index in [1.54, 1.807) is 60.1 Å². The van der Waals surface area contributed by atoms with E-state index in [4.69, 9.17) is 14.2 Å². The number of rotatable bonds is 13. The Morgan fingerprint density at radius 3 is 2.45 bits per heavy atom. The molecule has 5 heterocycles. The van der Waals surface area contributed by atoms with Crippen LogP contribution >= 0.6 is 0 Å². The summed E-state index contributed by atoms with van der Waals surface area (Å²) in [7, 11) is 5.66. The second-order valence-electron chi connectivity index (χ2n) is 21.7. The third-order valence-corrected chi connectivity index (χ3v) is 15.8. The highest BCUT2D eigenvalue weighted by Crippen LogP contribution is 2.42. The average Bonchev–Trinajstić information content (AvgIpc) is 4.02. The Morgan fingerprint density at radius 1 is 1.05 bits per heavy atom. The van der Waals surface area contributed by atoms with Gasteiger partial charge < -0.3 is 43.6 Å². The van der Waals surface area contributed by atoms with Gasteiger partial charge in [-0.05, 0) is 111 Å². The van der Waals surface area contributed by atoms with Crippen molar-refractivity contribution in [2.45, 2.75) is 129 Å². The minimum Gasteiger partial charge on any atom is -0.597 e. The number of amides is 4. The summed E-state index contributed by atoms with van der Waals surface area (Å²) < 4.78 is 32.7. The van der Waals surface area contributed by atoms with Crippen molar-refractivity contribution in [2.75, 3.05) is 48.0 Å². The number of esters is 2. The van der Waals surface area contributed by atoms with E-state index < -0.39 is 99.8 Å². The minimum absolute atomic E-state index is 0.0582. The Balaban J connectivity index is 1.23. The smallest absolute Gasteiger partial charge is 0.330 e. The van der Waals surface area contributed by atoms with Crippen LogP contribution in [0.3, 0.4) is 0 Å². The van der Waals surface area contributed by atoms with Gasteiger partial charge in [-0.1, -0.05) is 44.1 Å². The lowest BCUT2D eigenvalue weighted by atomic mass is 9.84. The van der Waals surface area contributed by atoms with Crippen molar-refractivity contribution in [3.8, 4) is 28.1 Å². The number of cyclic esters (lactones) is 1. The van der Waals surface area contributed by atoms with Crippen LogP contribution < -0.4 is 10.7 Å². The van der Waals surface area contributed by atoms with Crippen molar-refractivity contribution in [1.82, 2.24) is 39.4 Å². The first-order valence-corrected chi connectivity index (χ1v) is 26.3. The number of aryl methyl sites for hydroxylation is 1. The number of ether oxygens (including phenoxy) is 3. The average molecular weight is 1040 g/mol. The Labute approximate surface area is 436 Å². The number of aromatic nitrogens is 2. The zero-order chi connectivity index (χ0) is 54.1. The predicted octanol–water partition coefficient (Wildman–Crippen LogP) is 4.52. The third-order valence-electron chi connectivity index (χ3n) is 13.9. The summed E-state index contributed by atoms with van der Waals surface area (Å²) in [6, 6.07) is 7.70. The van der Waals surface area contributed by atoms with Gasteiger partial charge in [0.25, 0.3) is 5.91 Å². The van der Waals surface area contributed by atoms with Crippen LogP contribution in [0.4, 0.5) is 0 Å². The molecule has 0 saturated carbocycles. The molecule has 3 aliphatic rings. The van der Waals surface area contributed by atoms with Crippen molar-refractivity contribution in [3.05, 3.63) is 71.5 Å². The number of likely N-dealkylation sites (N-methyl/N-ethyl adjacent to an activating group) is 2. The maximum absolute atomic E-state index is 14.8. The first kappa shape index (κ1) is 55.7. The molecule has 6 bridgehead atoms. The van der Waals surface area contributed by atoms with Gasteiger partial charge in [-0.15, -0.1) is 0 Å². The van der Waals surface area contributed by atoms with Gasteiger partial charge in [-0.2, -0.15) is 0 Å². The Hall–Kier alpha value is -6.06. The monoisotopic (exact) mass is 1040 g/mol. The normalized spacial score (nSPS) is 21.8. The molecule has 400 valence electrons. The first-order valence-electron chi connectivity index (χ1n) is 25.1. The molecule has 2 aromatic carbocycles. The van der Waals surface area contributed by atoms with Gasteiger partial charge in [0.1, 0.15) is 28.6 Å². The zero-order valence-corrected chi connectivity index (χ0v) is 45.5. The predicted molar refractivity (Wildman–Crippen MR) is 279 cm³/mol. The van der Waals surface area contributed by atoms with Crippen molar-refractivity contribution in [3.63, 3.8) is 0 Å². The quantitative estimate of drug-likeness (QED) is 0.0951. The van der Waals surface area contributed by atoms with Gasteiger partial charge in [-0.25, -0.2) is 5.43 Å². The number of phenolic OH excluding ortho intramolecular Hbond substituents is 1. The fourth-order valence-electron chi connectivity index (χ4n) is 10.2. The van der Waals surface area contributed by atoms with Crippen LogP contribution in [-0.4, -0.2) is 157 Å². The molecule has 7 atom stereocenters. The molecule has 20 heteroatoms. The molecule has 0 aliphatic carbocycles. The second kappa shape index (κ2) is 22.4. The highest BCUT2D eigenvalue weighted by Gasteiger charge is 2.68. The maximum Gasteiger partial charge on any atom is 0.330 e. The van der Waals surface area contributed by atoms with Gasteiger partial charge in [-0.3, -0.25) is 38.8 Å². The van der Waals surface area contributed by atoms with E-state index in [-0.39, 0.29) is 25.3 Å². The molecule has 2 fully saturated rings. The number of methoxy groups -OCH3 is 2. The first-order chi connectivity index (χ1) is 34.9. The van der Waals surface area contributed by atoms with Gasteiger partial charge in [0, 0.05) is 86.4 Å². The van der Waals surface area contributed by atoms with Crippen LogP contribution in [0.5, 0.6) is 5.75 Å². The number of aromatic hydroxyl groups is 1. The number of carbonyl (C=O) groups is 6. The molecule has 0 radical (unpaired) electrons. The summed E-state index contributed by atoms with van der Waals surface area (Å²) in [5.74, 6) is -4.24. The number of benzene rings is 2. The maximum atomic E-state index is 14.8. The lowest BCUT2D eigenvalue weighted by Crippen LogP contribution is -2.62. The fourth-order valence-corrected chi connectivity index (χ4v) is 11.6. The lowest BCUT2D eigenvalue weighted by Gasteiger charge is -2.37. The number of nitrogens with zero attached hydrogens (tertiary/aromatic N) is 6. The largest absolute Gasteiger partial charge is 0.597 e. The number of nitrogens with one attached hydrogen (secondary N) is 2. The molecule has 3 aliphatic heterocycles. The minimum atomic E-state index is -1.74. The number of fused-ring (bicyclic) bond motifs is 6. The Kier molecular flexibility index (Phi) is 16.9. The molecule has 2 unspecified atom stereocenters. The fraction of sp³-hybridized carbons (Fsp3) is 0.537. The number of hydrazine groups is 1. The van der Waals surface area contributed by atoms with E-state index in [0.29, 0.717) is 43.5 Å². The third kappa shape index (κ3) is 11.7. The molecule has 19 nitrogen and oxygen atoms in total. The standard InChI is InChI=1S/C54H72N8O11S/c1-13-60-42-17-16-33-25-37(42)38(45(60)39-27-55-19-18-34(39)29-71-11)26-54(7,8)30-73-51(68)40-15-14-20-61(57-40)49(66)41(23-32-21-35(33)24-36(63)22-32)56-48(65)44(31(2)3)59(10)43(64)28-58(9)50(67)46-47(52(69)72-12)62(46)74(70)53(4,5)6/h16-19,21-22,24-25,27,31,40-41,44,46-47,57,63H,13-15,20,23,26,28-30H2,1-12H3,(H,56,65)/t40-,41-,44-,46-,47+,62?,74?/m0/s1. The van der Waals surface area contributed by atoms with E-state index in [0.717, 1.165) is 43.8 Å². The van der Waals surface area contributed by atoms with Crippen molar-refractivity contribution in [2.24, 2.45) is 11.3 Å². The molecular weight excluding hydrogens is 969 g/mol. The van der Waals surface area contributed by atoms with E-state index in [1.165, 1.54) is 35.4 Å². The van der Waals surface area contributed by atoms with Crippen LogP contribution in [-0.2, 0) is 80.3 Å². The molecule has 2 saturated heterocycles. The summed E-state index contributed by atoms with van der Waals surface area (Å²) in [5.41, 5.74) is 9.38. The van der Waals surface area contributed by atoms with Crippen LogP contribution in [0.2, 0.25) is 0 Å². The van der Waals surface area contributed by atoms with E-state index >= 15 is 0 Å². The van der Waals surface area contributed by atoms with Gasteiger partial charge in [0.15, 0.2) is 12.1 Å². The molecule has 4 amide bonds. The summed E-state index contributed by atoms with van der Waals surface area (Å²) >= 11 is -1.74.